The molecule has 0 fully saturated rings. The molecule has 0 aliphatic heterocycles. The van der Waals surface area contributed by atoms with Crippen molar-refractivity contribution in [2.45, 2.75) is 5.03 Å². The van der Waals surface area contributed by atoms with Crippen LogP contribution >= 0.6 is 11.8 Å². The third kappa shape index (κ3) is 1.14. The van der Waals surface area contributed by atoms with Gasteiger partial charge in [-0.25, -0.2) is 9.78 Å². The summed E-state index contributed by atoms with van der Waals surface area (Å²) in [5.74, 6) is 0. The Labute approximate surface area is 84.8 Å². The molecule has 74 valence electrons. The van der Waals surface area contributed by atoms with Crippen molar-refractivity contribution in [2.24, 2.45) is 14.1 Å². The summed E-state index contributed by atoms with van der Waals surface area (Å²) in [6.45, 7) is 0. The van der Waals surface area contributed by atoms with E-state index in [0.717, 1.165) is 10.5 Å². The summed E-state index contributed by atoms with van der Waals surface area (Å²) in [7, 11) is 3.57. The zero-order valence-electron chi connectivity index (χ0n) is 8.18. The smallest absolute Gasteiger partial charge is 0.330 e. The van der Waals surface area contributed by atoms with Crippen LogP contribution in [0.25, 0.3) is 11.2 Å². The Kier molecular flexibility index (Phi) is 2.07. The lowest BCUT2D eigenvalue weighted by molar-refractivity contribution is 0.811. The molecule has 2 aromatic heterocycles. The van der Waals surface area contributed by atoms with Crippen LogP contribution in [0.2, 0.25) is 0 Å². The average molecular weight is 210 g/mol. The van der Waals surface area contributed by atoms with Crippen molar-refractivity contribution < 1.29 is 0 Å². The topological polar surface area (TPSA) is 52.7 Å². The molecule has 0 saturated heterocycles. The van der Waals surface area contributed by atoms with Crippen molar-refractivity contribution in [3.05, 3.63) is 16.8 Å². The second-order valence-electron chi connectivity index (χ2n) is 2.99. The number of hydrogen-bond donors (Lipinski definition) is 0. The van der Waals surface area contributed by atoms with E-state index in [1.54, 1.807) is 13.4 Å². The second-order valence-corrected chi connectivity index (χ2v) is 3.79. The minimum Gasteiger partial charge on any atom is -0.330 e. The predicted octanol–water partition coefficient (Wildman–Crippen LogP) is 0.389. The summed E-state index contributed by atoms with van der Waals surface area (Å²) >= 11 is 1.45. The van der Waals surface area contributed by atoms with Crippen LogP contribution in [0.15, 0.2) is 16.1 Å². The molecular formula is C8H10N4OS. The van der Waals surface area contributed by atoms with Gasteiger partial charge in [-0.15, -0.1) is 11.8 Å². The molecule has 2 rings (SSSR count). The second kappa shape index (κ2) is 3.13. The molecule has 0 unspecified atom stereocenters. The normalized spacial score (nSPS) is 11.1. The van der Waals surface area contributed by atoms with Gasteiger partial charge in [0.2, 0.25) is 0 Å². The van der Waals surface area contributed by atoms with Crippen molar-refractivity contribution in [1.82, 2.24) is 19.1 Å². The van der Waals surface area contributed by atoms with Gasteiger partial charge in [-0.1, -0.05) is 0 Å². The summed E-state index contributed by atoms with van der Waals surface area (Å²) in [5.41, 5.74) is 1.32. The van der Waals surface area contributed by atoms with Crippen LogP contribution in [0.4, 0.5) is 0 Å². The Morgan fingerprint density at radius 1 is 1.43 bits per heavy atom. The Morgan fingerprint density at radius 2 is 2.14 bits per heavy atom. The molecule has 0 amide bonds. The van der Waals surface area contributed by atoms with Crippen molar-refractivity contribution >= 4 is 22.9 Å². The Balaban J connectivity index is 3.00. The first-order valence-electron chi connectivity index (χ1n) is 4.07. The van der Waals surface area contributed by atoms with E-state index in [-0.39, 0.29) is 5.69 Å². The van der Waals surface area contributed by atoms with E-state index in [0.29, 0.717) is 5.65 Å². The zero-order chi connectivity index (χ0) is 10.3. The van der Waals surface area contributed by atoms with Gasteiger partial charge in [0.25, 0.3) is 0 Å². The van der Waals surface area contributed by atoms with E-state index in [2.05, 4.69) is 9.97 Å². The molecule has 2 heterocycles. The van der Waals surface area contributed by atoms with Gasteiger partial charge in [0, 0.05) is 14.1 Å². The molecule has 2 aromatic rings. The van der Waals surface area contributed by atoms with Gasteiger partial charge in [-0.05, 0) is 6.26 Å². The highest BCUT2D eigenvalue weighted by Crippen LogP contribution is 2.20. The summed E-state index contributed by atoms with van der Waals surface area (Å²) in [4.78, 5) is 19.5. The molecule has 14 heavy (non-hydrogen) atoms. The van der Waals surface area contributed by atoms with Crippen LogP contribution in [0.3, 0.4) is 0 Å². The Morgan fingerprint density at radius 3 is 2.79 bits per heavy atom. The molecule has 0 saturated carbocycles. The van der Waals surface area contributed by atoms with E-state index in [1.165, 1.54) is 16.3 Å². The van der Waals surface area contributed by atoms with E-state index >= 15 is 0 Å². The average Bonchev–Trinajstić information content (AvgIpc) is 2.55. The van der Waals surface area contributed by atoms with E-state index in [9.17, 15) is 4.79 Å². The van der Waals surface area contributed by atoms with Crippen molar-refractivity contribution in [3.8, 4) is 0 Å². The fourth-order valence-electron chi connectivity index (χ4n) is 1.36. The molecule has 6 heteroatoms. The summed E-state index contributed by atoms with van der Waals surface area (Å²) in [6, 6.07) is 0. The highest BCUT2D eigenvalue weighted by atomic mass is 32.2. The largest absolute Gasteiger partial charge is 0.350 e. The molecule has 0 bridgehead atoms. The maximum atomic E-state index is 11.4. The molecule has 0 aromatic carbocycles. The fourth-order valence-corrected chi connectivity index (χ4v) is 1.96. The predicted molar refractivity (Wildman–Crippen MR) is 55.5 cm³/mol. The van der Waals surface area contributed by atoms with Gasteiger partial charge in [0.15, 0.2) is 5.65 Å². The van der Waals surface area contributed by atoms with Crippen LogP contribution in [0.1, 0.15) is 0 Å². The third-order valence-electron chi connectivity index (χ3n) is 2.12. The van der Waals surface area contributed by atoms with E-state index in [4.69, 9.17) is 0 Å². The highest BCUT2D eigenvalue weighted by molar-refractivity contribution is 7.98. The van der Waals surface area contributed by atoms with E-state index in [1.807, 2.05) is 17.9 Å². The van der Waals surface area contributed by atoms with Crippen LogP contribution in [0, 0.1) is 0 Å². The number of rotatable bonds is 1. The lowest BCUT2D eigenvalue weighted by Crippen LogP contribution is -2.21. The standard InChI is InChI=1S/C8H10N4OS/c1-11-4-9-6-5(11)7(14-3)10-8(13)12(6)2/h4H,1-3H3. The fraction of sp³-hybridized carbons (Fsp3) is 0.375. The monoisotopic (exact) mass is 210 g/mol. The number of thioether (sulfide) groups is 1. The SMILES string of the molecule is CSc1nc(=O)n(C)c2ncn(C)c12. The number of nitrogens with zero attached hydrogens (tertiary/aromatic N) is 4. The Bertz CT molecular complexity index is 542. The van der Waals surface area contributed by atoms with Gasteiger partial charge in [0.1, 0.15) is 10.5 Å². The van der Waals surface area contributed by atoms with E-state index < -0.39 is 0 Å². The third-order valence-corrected chi connectivity index (χ3v) is 2.79. The van der Waals surface area contributed by atoms with Gasteiger partial charge in [-0.3, -0.25) is 4.57 Å². The number of hydrogen-bond acceptors (Lipinski definition) is 4. The lowest BCUT2D eigenvalue weighted by atomic mass is 10.5. The quantitative estimate of drug-likeness (QED) is 0.504. The van der Waals surface area contributed by atoms with Crippen molar-refractivity contribution in [1.29, 1.82) is 0 Å². The van der Waals surface area contributed by atoms with Gasteiger partial charge in [0.05, 0.1) is 6.33 Å². The molecule has 0 N–H and O–H groups in total. The molecule has 0 spiro atoms. The lowest BCUT2D eigenvalue weighted by Gasteiger charge is -2.03. The van der Waals surface area contributed by atoms with Crippen LogP contribution in [0.5, 0.6) is 0 Å². The molecule has 0 aliphatic rings. The van der Waals surface area contributed by atoms with Crippen LogP contribution in [-0.2, 0) is 14.1 Å². The summed E-state index contributed by atoms with van der Waals surface area (Å²) in [6.07, 6.45) is 3.58. The van der Waals surface area contributed by atoms with Crippen molar-refractivity contribution in [2.75, 3.05) is 6.26 Å². The summed E-state index contributed by atoms with van der Waals surface area (Å²) in [5, 5.41) is 0.725. The van der Waals surface area contributed by atoms with Gasteiger partial charge >= 0.3 is 5.69 Å². The minimum atomic E-state index is -0.263. The molecule has 0 atom stereocenters. The number of aryl methyl sites for hydroxylation is 2. The maximum absolute atomic E-state index is 11.4. The molecule has 0 aliphatic carbocycles. The van der Waals surface area contributed by atoms with Gasteiger partial charge in [-0.2, -0.15) is 4.98 Å². The number of fused-ring (bicyclic) bond motifs is 1. The van der Waals surface area contributed by atoms with Gasteiger partial charge < -0.3 is 4.57 Å². The zero-order valence-corrected chi connectivity index (χ0v) is 9.00. The minimum absolute atomic E-state index is 0.263. The maximum Gasteiger partial charge on any atom is 0.350 e. The molecule has 5 nitrogen and oxygen atoms in total. The first kappa shape index (κ1) is 9.26. The first-order valence-corrected chi connectivity index (χ1v) is 5.29. The number of aromatic nitrogens is 4. The van der Waals surface area contributed by atoms with Crippen molar-refractivity contribution in [3.63, 3.8) is 0 Å². The number of imidazole rings is 1. The van der Waals surface area contributed by atoms with Crippen LogP contribution in [-0.4, -0.2) is 25.4 Å². The first-order chi connectivity index (χ1) is 6.65. The Hall–Kier alpha value is -1.30. The summed E-state index contributed by atoms with van der Waals surface area (Å²) < 4.78 is 3.32. The highest BCUT2D eigenvalue weighted by Gasteiger charge is 2.11. The molecular weight excluding hydrogens is 200 g/mol. The van der Waals surface area contributed by atoms with Crippen LogP contribution < -0.4 is 5.69 Å². The molecule has 0 radical (unpaired) electrons.